The monoisotopic (exact) mass is 523 g/mol. The molecule has 3 N–H and O–H groups in total. The fourth-order valence-corrected chi connectivity index (χ4v) is 4.09. The lowest BCUT2D eigenvalue weighted by Gasteiger charge is -2.33. The number of rotatable bonds is 6. The van der Waals surface area contributed by atoms with Crippen LogP contribution in [0.2, 0.25) is 0 Å². The van der Waals surface area contributed by atoms with E-state index in [0.717, 1.165) is 31.4 Å². The van der Waals surface area contributed by atoms with Gasteiger partial charge in [0.25, 0.3) is 0 Å². The van der Waals surface area contributed by atoms with Crippen LogP contribution in [0.4, 0.5) is 35.4 Å². The number of nitrogens with zero attached hydrogens (tertiary/aromatic N) is 2. The Labute approximate surface area is 213 Å². The van der Waals surface area contributed by atoms with Crippen LogP contribution >= 0.6 is 0 Å². The first-order valence-electron chi connectivity index (χ1n) is 11.9. The lowest BCUT2D eigenvalue weighted by Crippen LogP contribution is -2.50. The van der Waals surface area contributed by atoms with E-state index >= 15 is 0 Å². The van der Waals surface area contributed by atoms with Gasteiger partial charge in [-0.1, -0.05) is 18.9 Å². The van der Waals surface area contributed by atoms with Crippen molar-refractivity contribution in [3.63, 3.8) is 0 Å². The second kappa shape index (κ2) is 11.2. The van der Waals surface area contributed by atoms with Crippen LogP contribution in [0.15, 0.2) is 24.3 Å². The van der Waals surface area contributed by atoms with E-state index in [1.807, 2.05) is 0 Å². The zero-order chi connectivity index (χ0) is 27.4. The zero-order valence-corrected chi connectivity index (χ0v) is 21.5. The van der Waals surface area contributed by atoms with Gasteiger partial charge in [-0.2, -0.15) is 18.2 Å². The van der Waals surface area contributed by atoms with Crippen molar-refractivity contribution in [2.75, 3.05) is 17.7 Å². The Balaban J connectivity index is 1.89. The van der Waals surface area contributed by atoms with Gasteiger partial charge in [0.2, 0.25) is 5.95 Å². The third-order valence-corrected chi connectivity index (χ3v) is 5.71. The van der Waals surface area contributed by atoms with E-state index < -0.39 is 29.4 Å². The van der Waals surface area contributed by atoms with Crippen molar-refractivity contribution in [1.29, 1.82) is 0 Å². The summed E-state index contributed by atoms with van der Waals surface area (Å²) >= 11 is 0. The molecule has 2 aromatic rings. The molecule has 0 saturated heterocycles. The summed E-state index contributed by atoms with van der Waals surface area (Å²) in [6.45, 7) is 6.92. The highest BCUT2D eigenvalue weighted by Crippen LogP contribution is 2.32. The summed E-state index contributed by atoms with van der Waals surface area (Å²) in [6, 6.07) is 4.08. The van der Waals surface area contributed by atoms with Crippen LogP contribution < -0.4 is 16.0 Å². The number of methoxy groups -OCH3 is 1. The highest BCUT2D eigenvalue weighted by atomic mass is 19.4. The molecule has 1 aromatic carbocycles. The van der Waals surface area contributed by atoms with Crippen LogP contribution in [-0.2, 0) is 15.7 Å². The summed E-state index contributed by atoms with van der Waals surface area (Å²) in [5, 5.41) is 8.93. The summed E-state index contributed by atoms with van der Waals surface area (Å²) in [5.74, 6) is -0.586. The number of alkyl carbamates (subject to hydrolysis) is 1. The summed E-state index contributed by atoms with van der Waals surface area (Å²) in [6.07, 6.45) is -1.80. The Morgan fingerprint density at radius 2 is 1.73 bits per heavy atom. The molecule has 1 heterocycles. The normalized spacial score (nSPS) is 18.1. The second-order valence-corrected chi connectivity index (χ2v) is 9.84. The maximum Gasteiger partial charge on any atom is 0.416 e. The summed E-state index contributed by atoms with van der Waals surface area (Å²) < 4.78 is 49.8. The molecule has 0 spiro atoms. The maximum atomic E-state index is 13.2. The number of hydrogen-bond donors (Lipinski definition) is 3. The number of benzene rings is 1. The maximum absolute atomic E-state index is 13.2. The minimum atomic E-state index is -4.53. The van der Waals surface area contributed by atoms with Crippen LogP contribution in [0, 0.1) is 6.92 Å². The first-order chi connectivity index (χ1) is 17.3. The average molecular weight is 524 g/mol. The van der Waals surface area contributed by atoms with Crippen LogP contribution in [0.25, 0.3) is 0 Å². The van der Waals surface area contributed by atoms with Crippen molar-refractivity contribution in [1.82, 2.24) is 15.3 Å². The third kappa shape index (κ3) is 7.70. The van der Waals surface area contributed by atoms with E-state index in [1.54, 1.807) is 27.7 Å². The van der Waals surface area contributed by atoms with Crippen molar-refractivity contribution in [3.8, 4) is 0 Å². The molecule has 1 aliphatic rings. The van der Waals surface area contributed by atoms with Gasteiger partial charge in [-0.25, -0.2) is 14.6 Å². The number of anilines is 3. The number of aryl methyl sites for hydroxylation is 1. The van der Waals surface area contributed by atoms with E-state index in [0.29, 0.717) is 6.42 Å². The van der Waals surface area contributed by atoms with Crippen LogP contribution in [0.5, 0.6) is 0 Å². The molecule has 37 heavy (non-hydrogen) atoms. The first kappa shape index (κ1) is 28.0. The standard InChI is InChI=1S/C25H32F3N5O4/c1-14-19(21(34)36-5)20(30-16-10-8-9-15(13-16)25(26,27)28)33-22(29-14)31-17-11-6-7-12-18(17)32-23(35)37-24(2,3)4/h8-10,13,17-18H,6-7,11-12H2,1-5H3,(H,32,35)(H2,29,30,31,33)/t17-,18+/m1/s1. The van der Waals surface area contributed by atoms with E-state index in [-0.39, 0.29) is 40.8 Å². The topological polar surface area (TPSA) is 114 Å². The molecule has 1 aliphatic carbocycles. The van der Waals surface area contributed by atoms with Crippen LogP contribution in [-0.4, -0.2) is 46.8 Å². The Morgan fingerprint density at radius 1 is 1.05 bits per heavy atom. The number of amides is 1. The van der Waals surface area contributed by atoms with E-state index in [9.17, 15) is 22.8 Å². The Morgan fingerprint density at radius 3 is 2.35 bits per heavy atom. The van der Waals surface area contributed by atoms with Crippen molar-refractivity contribution in [2.24, 2.45) is 0 Å². The predicted octanol–water partition coefficient (Wildman–Crippen LogP) is 5.58. The molecule has 1 amide bonds. The van der Waals surface area contributed by atoms with Gasteiger partial charge < -0.3 is 25.4 Å². The number of nitrogens with one attached hydrogen (secondary N) is 3. The second-order valence-electron chi connectivity index (χ2n) is 9.84. The van der Waals surface area contributed by atoms with E-state index in [1.165, 1.54) is 19.2 Å². The minimum Gasteiger partial charge on any atom is -0.465 e. The van der Waals surface area contributed by atoms with E-state index in [2.05, 4.69) is 25.9 Å². The summed E-state index contributed by atoms with van der Waals surface area (Å²) in [5.41, 5.74) is -1.13. The highest BCUT2D eigenvalue weighted by Gasteiger charge is 2.32. The molecule has 0 aliphatic heterocycles. The number of carbonyl (C=O) groups is 2. The Kier molecular flexibility index (Phi) is 8.49. The SMILES string of the molecule is COC(=O)c1c(C)nc(N[C@@H]2CCCC[C@@H]2NC(=O)OC(C)(C)C)nc1Nc1cccc(C(F)(F)F)c1. The Hall–Kier alpha value is -3.57. The number of halogens is 3. The average Bonchev–Trinajstić information content (AvgIpc) is 2.78. The molecule has 3 rings (SSSR count). The summed E-state index contributed by atoms with van der Waals surface area (Å²) in [7, 11) is 1.19. The van der Waals surface area contributed by atoms with Gasteiger partial charge in [-0.05, 0) is 58.7 Å². The van der Waals surface area contributed by atoms with Gasteiger partial charge in [0.1, 0.15) is 11.2 Å². The van der Waals surface area contributed by atoms with Crippen LogP contribution in [0.3, 0.4) is 0 Å². The fourth-order valence-electron chi connectivity index (χ4n) is 4.09. The molecular weight excluding hydrogens is 491 g/mol. The van der Waals surface area contributed by atoms with Crippen LogP contribution in [0.1, 0.15) is 68.1 Å². The molecule has 9 nitrogen and oxygen atoms in total. The molecule has 1 fully saturated rings. The molecule has 202 valence electrons. The van der Waals surface area contributed by atoms with Crippen molar-refractivity contribution in [2.45, 2.75) is 77.2 Å². The van der Waals surface area contributed by atoms with Gasteiger partial charge in [0, 0.05) is 11.7 Å². The molecule has 1 saturated carbocycles. The van der Waals surface area contributed by atoms with Gasteiger partial charge >= 0.3 is 18.2 Å². The highest BCUT2D eigenvalue weighted by molar-refractivity contribution is 5.96. The third-order valence-electron chi connectivity index (χ3n) is 5.71. The predicted molar refractivity (Wildman–Crippen MR) is 132 cm³/mol. The molecule has 0 radical (unpaired) electrons. The van der Waals surface area contributed by atoms with E-state index in [4.69, 9.17) is 9.47 Å². The molecule has 2 atom stereocenters. The number of carbonyl (C=O) groups excluding carboxylic acids is 2. The molecule has 0 unspecified atom stereocenters. The minimum absolute atomic E-state index is 0.00228. The van der Waals surface area contributed by atoms with Gasteiger partial charge in [0.15, 0.2) is 5.82 Å². The number of esters is 1. The van der Waals surface area contributed by atoms with Gasteiger partial charge in [-0.3, -0.25) is 0 Å². The van der Waals surface area contributed by atoms with Gasteiger partial charge in [-0.15, -0.1) is 0 Å². The number of ether oxygens (including phenoxy) is 2. The molecule has 12 heteroatoms. The smallest absolute Gasteiger partial charge is 0.416 e. The molecule has 1 aromatic heterocycles. The van der Waals surface area contributed by atoms with Crippen molar-refractivity contribution in [3.05, 3.63) is 41.1 Å². The molecule has 0 bridgehead atoms. The van der Waals surface area contributed by atoms with Crippen molar-refractivity contribution >= 4 is 29.5 Å². The lowest BCUT2D eigenvalue weighted by molar-refractivity contribution is -0.137. The quantitative estimate of drug-likeness (QED) is 0.421. The lowest BCUT2D eigenvalue weighted by atomic mass is 9.90. The number of hydrogen-bond acceptors (Lipinski definition) is 8. The summed E-state index contributed by atoms with van der Waals surface area (Å²) in [4.78, 5) is 33.6. The van der Waals surface area contributed by atoms with Crippen molar-refractivity contribution < 1.29 is 32.2 Å². The number of alkyl halides is 3. The fraction of sp³-hybridized carbons (Fsp3) is 0.520. The zero-order valence-electron chi connectivity index (χ0n) is 21.5. The first-order valence-corrected chi connectivity index (χ1v) is 11.9. The molecular formula is C25H32F3N5O4. The number of aromatic nitrogens is 2. The largest absolute Gasteiger partial charge is 0.465 e. The van der Waals surface area contributed by atoms with Gasteiger partial charge in [0.05, 0.1) is 24.4 Å². The Bertz CT molecular complexity index is 1130.